The Kier molecular flexibility index (Phi) is 3.89. The predicted molar refractivity (Wildman–Crippen MR) is 79.5 cm³/mol. The Morgan fingerprint density at radius 1 is 1.26 bits per heavy atom. The van der Waals surface area contributed by atoms with Gasteiger partial charge in [0.25, 0.3) is 0 Å². The summed E-state index contributed by atoms with van der Waals surface area (Å²) in [6.07, 6.45) is -4.66. The minimum absolute atomic E-state index is 0.118. The lowest BCUT2D eigenvalue weighted by atomic mass is 9.92. The second-order valence-corrected chi connectivity index (χ2v) is 5.89. The smallest absolute Gasteiger partial charge is 0.383 e. The number of piperidine rings is 1. The highest BCUT2D eigenvalue weighted by molar-refractivity contribution is 5.87. The molecule has 0 bridgehead atoms. The van der Waals surface area contributed by atoms with Gasteiger partial charge in [0.15, 0.2) is 5.60 Å². The number of nitrogens with two attached hydrogens (primary N) is 1. The predicted octanol–water partition coefficient (Wildman–Crippen LogP) is 2.10. The van der Waals surface area contributed by atoms with Gasteiger partial charge in [0.2, 0.25) is 0 Å². The summed E-state index contributed by atoms with van der Waals surface area (Å²) in [4.78, 5) is 10.0. The van der Waals surface area contributed by atoms with Gasteiger partial charge in [-0.15, -0.1) is 0 Å². The van der Waals surface area contributed by atoms with Crippen LogP contribution in [-0.4, -0.2) is 44.8 Å². The second kappa shape index (κ2) is 5.61. The van der Waals surface area contributed by atoms with Crippen LogP contribution in [0.2, 0.25) is 0 Å². The van der Waals surface area contributed by atoms with Crippen molar-refractivity contribution in [1.29, 1.82) is 0 Å². The normalized spacial score (nSPS) is 23.3. The van der Waals surface area contributed by atoms with E-state index >= 15 is 0 Å². The molecule has 23 heavy (non-hydrogen) atoms. The highest BCUT2D eigenvalue weighted by atomic mass is 19.4. The molecule has 2 heterocycles. The number of rotatable bonds is 2. The lowest BCUT2D eigenvalue weighted by Gasteiger charge is -2.39. The fraction of sp³-hybridized carbons (Fsp3) is 0.467. The molecule has 0 spiro atoms. The molecular formula is C15H17F3N4O. The zero-order chi connectivity index (χ0) is 16.7. The van der Waals surface area contributed by atoms with E-state index in [0.717, 1.165) is 0 Å². The molecule has 2 aromatic rings. The third-order valence-corrected chi connectivity index (χ3v) is 4.12. The molecule has 1 saturated heterocycles. The average molecular weight is 326 g/mol. The molecule has 5 nitrogen and oxygen atoms in total. The van der Waals surface area contributed by atoms with Crippen LogP contribution in [0, 0.1) is 0 Å². The standard InChI is InChI=1S/C15H17F3N4O/c16-15(17,18)14(23)6-3-7-22(9-14)8-12-20-11-5-2-1-4-10(11)13(19)21-12/h1-2,4-5,23H,3,6-9H2,(H2,19,20,21). The summed E-state index contributed by atoms with van der Waals surface area (Å²) in [7, 11) is 0. The topological polar surface area (TPSA) is 75.3 Å². The Bertz CT molecular complexity index is 721. The van der Waals surface area contributed by atoms with E-state index in [-0.39, 0.29) is 19.4 Å². The highest BCUT2D eigenvalue weighted by Gasteiger charge is 2.55. The number of aliphatic hydroxyl groups is 1. The molecule has 0 saturated carbocycles. The lowest BCUT2D eigenvalue weighted by molar-refractivity contribution is -0.274. The number of nitrogens with zero attached hydrogens (tertiary/aromatic N) is 3. The third-order valence-electron chi connectivity index (χ3n) is 4.12. The number of nitrogen functional groups attached to an aromatic ring is 1. The zero-order valence-electron chi connectivity index (χ0n) is 12.3. The Hall–Kier alpha value is -1.93. The fourth-order valence-electron chi connectivity index (χ4n) is 2.91. The SMILES string of the molecule is Nc1nc(CN2CCCC(O)(C(F)(F)F)C2)nc2ccccc12. The summed E-state index contributed by atoms with van der Waals surface area (Å²) >= 11 is 0. The van der Waals surface area contributed by atoms with Crippen LogP contribution in [0.15, 0.2) is 24.3 Å². The average Bonchev–Trinajstić information content (AvgIpc) is 2.46. The van der Waals surface area contributed by atoms with E-state index < -0.39 is 18.3 Å². The van der Waals surface area contributed by atoms with Crippen LogP contribution < -0.4 is 5.73 Å². The van der Waals surface area contributed by atoms with E-state index in [9.17, 15) is 18.3 Å². The molecule has 1 fully saturated rings. The quantitative estimate of drug-likeness (QED) is 0.884. The molecule has 0 radical (unpaired) electrons. The van der Waals surface area contributed by atoms with Crippen LogP contribution in [0.25, 0.3) is 10.9 Å². The maximum Gasteiger partial charge on any atom is 0.418 e. The van der Waals surface area contributed by atoms with Crippen LogP contribution >= 0.6 is 0 Å². The Morgan fingerprint density at radius 2 is 2.00 bits per heavy atom. The Morgan fingerprint density at radius 3 is 2.74 bits per heavy atom. The minimum Gasteiger partial charge on any atom is -0.383 e. The van der Waals surface area contributed by atoms with E-state index in [1.54, 1.807) is 12.1 Å². The van der Waals surface area contributed by atoms with Crippen LogP contribution in [-0.2, 0) is 6.54 Å². The van der Waals surface area contributed by atoms with Gasteiger partial charge in [-0.05, 0) is 31.5 Å². The van der Waals surface area contributed by atoms with Crippen molar-refractivity contribution in [2.45, 2.75) is 31.2 Å². The first kappa shape index (κ1) is 15.9. The van der Waals surface area contributed by atoms with E-state index in [1.807, 2.05) is 12.1 Å². The van der Waals surface area contributed by atoms with Gasteiger partial charge in [-0.2, -0.15) is 13.2 Å². The van der Waals surface area contributed by atoms with Crippen LogP contribution in [0.1, 0.15) is 18.7 Å². The number of fused-ring (bicyclic) bond motifs is 1. The summed E-state index contributed by atoms with van der Waals surface area (Å²) in [5, 5.41) is 10.6. The first-order valence-electron chi connectivity index (χ1n) is 7.31. The van der Waals surface area contributed by atoms with E-state index in [4.69, 9.17) is 5.73 Å². The number of β-amino-alcohol motifs (C(OH)–C–C–N with tert-alkyl or cyclic N) is 1. The number of benzene rings is 1. The molecule has 1 aromatic heterocycles. The molecular weight excluding hydrogens is 309 g/mol. The van der Waals surface area contributed by atoms with Gasteiger partial charge >= 0.3 is 6.18 Å². The number of halogens is 3. The van der Waals surface area contributed by atoms with Gasteiger partial charge in [-0.3, -0.25) is 4.90 Å². The summed E-state index contributed by atoms with van der Waals surface area (Å²) < 4.78 is 38.9. The van der Waals surface area contributed by atoms with Gasteiger partial charge in [-0.1, -0.05) is 12.1 Å². The van der Waals surface area contributed by atoms with Gasteiger partial charge in [0.05, 0.1) is 12.1 Å². The zero-order valence-corrected chi connectivity index (χ0v) is 12.3. The molecule has 124 valence electrons. The molecule has 1 aromatic carbocycles. The summed E-state index contributed by atoms with van der Waals surface area (Å²) in [6, 6.07) is 7.19. The number of hydrogen-bond donors (Lipinski definition) is 2. The van der Waals surface area contributed by atoms with Crippen molar-refractivity contribution < 1.29 is 18.3 Å². The number of alkyl halides is 3. The Labute approximate surface area is 130 Å². The van der Waals surface area contributed by atoms with Crippen molar-refractivity contribution in [3.8, 4) is 0 Å². The fourth-order valence-corrected chi connectivity index (χ4v) is 2.91. The minimum atomic E-state index is -4.64. The summed E-state index contributed by atoms with van der Waals surface area (Å²) in [5.74, 6) is 0.654. The van der Waals surface area contributed by atoms with E-state index in [1.165, 1.54) is 4.90 Å². The lowest BCUT2D eigenvalue weighted by Crippen LogP contribution is -2.56. The largest absolute Gasteiger partial charge is 0.418 e. The molecule has 3 rings (SSSR count). The first-order chi connectivity index (χ1) is 10.8. The maximum absolute atomic E-state index is 13.0. The highest BCUT2D eigenvalue weighted by Crippen LogP contribution is 2.37. The van der Waals surface area contributed by atoms with Crippen molar-refractivity contribution in [2.24, 2.45) is 0 Å². The van der Waals surface area contributed by atoms with Crippen molar-refractivity contribution in [3.63, 3.8) is 0 Å². The molecule has 1 atom stereocenters. The van der Waals surface area contributed by atoms with Crippen molar-refractivity contribution in [1.82, 2.24) is 14.9 Å². The van der Waals surface area contributed by atoms with Gasteiger partial charge in [0, 0.05) is 11.9 Å². The summed E-state index contributed by atoms with van der Waals surface area (Å²) in [6.45, 7) is 0.0918. The van der Waals surface area contributed by atoms with Crippen LogP contribution in [0.5, 0.6) is 0 Å². The van der Waals surface area contributed by atoms with E-state index in [2.05, 4.69) is 9.97 Å². The van der Waals surface area contributed by atoms with Gasteiger partial charge in [-0.25, -0.2) is 9.97 Å². The monoisotopic (exact) mass is 326 g/mol. The third kappa shape index (κ3) is 3.09. The van der Waals surface area contributed by atoms with Gasteiger partial charge < -0.3 is 10.8 Å². The molecule has 1 aliphatic rings. The Balaban J connectivity index is 1.82. The molecule has 1 aliphatic heterocycles. The summed E-state index contributed by atoms with van der Waals surface area (Å²) in [5.41, 5.74) is 3.86. The van der Waals surface area contributed by atoms with Crippen molar-refractivity contribution >= 4 is 16.7 Å². The van der Waals surface area contributed by atoms with Crippen molar-refractivity contribution in [3.05, 3.63) is 30.1 Å². The van der Waals surface area contributed by atoms with E-state index in [0.29, 0.717) is 29.1 Å². The number of para-hydroxylation sites is 1. The number of hydrogen-bond acceptors (Lipinski definition) is 5. The first-order valence-corrected chi connectivity index (χ1v) is 7.31. The van der Waals surface area contributed by atoms with Gasteiger partial charge in [0.1, 0.15) is 11.6 Å². The molecule has 8 heteroatoms. The molecule has 0 amide bonds. The van der Waals surface area contributed by atoms with Crippen LogP contribution in [0.3, 0.4) is 0 Å². The molecule has 1 unspecified atom stereocenters. The van der Waals surface area contributed by atoms with Crippen molar-refractivity contribution in [2.75, 3.05) is 18.8 Å². The van der Waals surface area contributed by atoms with Crippen LogP contribution in [0.4, 0.5) is 19.0 Å². The number of aromatic nitrogens is 2. The second-order valence-electron chi connectivity index (χ2n) is 5.89. The molecule has 0 aliphatic carbocycles. The maximum atomic E-state index is 13.0. The molecule has 3 N–H and O–H groups in total. The number of likely N-dealkylation sites (tertiary alicyclic amines) is 1. The number of anilines is 1.